The Bertz CT molecular complexity index is 1030. The first-order valence-corrected chi connectivity index (χ1v) is 8.70. The van der Waals surface area contributed by atoms with Crippen molar-refractivity contribution in [2.75, 3.05) is 5.32 Å². The third-order valence-electron chi connectivity index (χ3n) is 4.00. The summed E-state index contributed by atoms with van der Waals surface area (Å²) in [6.07, 6.45) is 0. The van der Waals surface area contributed by atoms with Crippen LogP contribution in [-0.2, 0) is 0 Å². The quantitative estimate of drug-likeness (QED) is 0.463. The van der Waals surface area contributed by atoms with Crippen LogP contribution in [0.2, 0.25) is 0 Å². The second kappa shape index (κ2) is 6.95. The maximum atomic E-state index is 13.8. The first-order valence-electron chi connectivity index (χ1n) is 7.90. The molecule has 0 saturated carbocycles. The zero-order valence-corrected chi connectivity index (χ0v) is 16.0. The van der Waals surface area contributed by atoms with E-state index in [1.165, 1.54) is 18.2 Å². The lowest BCUT2D eigenvalue weighted by molar-refractivity contribution is -0.385. The summed E-state index contributed by atoms with van der Waals surface area (Å²) in [7, 11) is 0. The lowest BCUT2D eigenvalue weighted by atomic mass is 10.0. The van der Waals surface area contributed by atoms with Gasteiger partial charge in [0.25, 0.3) is 5.69 Å². The molecule has 0 amide bonds. The van der Waals surface area contributed by atoms with Crippen LogP contribution in [0.1, 0.15) is 29.9 Å². The molecule has 2 aromatic carbocycles. The molecule has 1 N–H and O–H groups in total. The smallest absolute Gasteiger partial charge is 0.270 e. The number of rotatable bonds is 4. The summed E-state index contributed by atoms with van der Waals surface area (Å²) in [5.74, 6) is 0.651. The molecule has 26 heavy (non-hydrogen) atoms. The Hall–Kier alpha value is -2.61. The molecule has 3 aromatic rings. The van der Waals surface area contributed by atoms with Crippen LogP contribution < -0.4 is 5.32 Å². The van der Waals surface area contributed by atoms with Crippen molar-refractivity contribution in [3.63, 3.8) is 0 Å². The molecule has 1 atom stereocenters. The number of nitrogens with one attached hydrogen (secondary N) is 1. The van der Waals surface area contributed by atoms with Crippen molar-refractivity contribution in [1.29, 1.82) is 0 Å². The Labute approximate surface area is 157 Å². The van der Waals surface area contributed by atoms with Crippen LogP contribution >= 0.6 is 15.9 Å². The van der Waals surface area contributed by atoms with E-state index in [2.05, 4.69) is 31.2 Å². The predicted octanol–water partition coefficient (Wildman–Crippen LogP) is 5.23. The molecule has 0 unspecified atom stereocenters. The molecule has 1 heterocycles. The number of non-ortho nitro benzene ring substituents is 1. The minimum atomic E-state index is -0.409. The van der Waals surface area contributed by atoms with E-state index >= 15 is 0 Å². The van der Waals surface area contributed by atoms with E-state index in [-0.39, 0.29) is 11.7 Å². The molecular formula is C18H16BrFN4O2. The molecule has 0 aliphatic heterocycles. The summed E-state index contributed by atoms with van der Waals surface area (Å²) < 4.78 is 14.1. The molecule has 0 fully saturated rings. The Morgan fingerprint density at radius 3 is 2.62 bits per heavy atom. The van der Waals surface area contributed by atoms with Gasteiger partial charge in [0, 0.05) is 23.6 Å². The van der Waals surface area contributed by atoms with Gasteiger partial charge in [-0.3, -0.25) is 10.1 Å². The number of nitro groups is 1. The highest BCUT2D eigenvalue weighted by Crippen LogP contribution is 2.30. The Kier molecular flexibility index (Phi) is 4.86. The van der Waals surface area contributed by atoms with Gasteiger partial charge in [-0.1, -0.05) is 6.07 Å². The summed E-state index contributed by atoms with van der Waals surface area (Å²) in [6, 6.07) is 7.68. The van der Waals surface area contributed by atoms with Crippen molar-refractivity contribution >= 4 is 38.3 Å². The van der Waals surface area contributed by atoms with Gasteiger partial charge < -0.3 is 5.32 Å². The molecule has 0 bridgehead atoms. The first-order chi connectivity index (χ1) is 12.2. The summed E-state index contributed by atoms with van der Waals surface area (Å²) in [5, 5.41) is 15.0. The minimum absolute atomic E-state index is 0.0437. The maximum absolute atomic E-state index is 13.8. The fourth-order valence-corrected chi connectivity index (χ4v) is 3.13. The van der Waals surface area contributed by atoms with Crippen LogP contribution in [0.15, 0.2) is 34.8 Å². The van der Waals surface area contributed by atoms with Gasteiger partial charge in [-0.25, -0.2) is 14.4 Å². The lowest BCUT2D eigenvalue weighted by Gasteiger charge is -2.17. The number of halogens is 2. The van der Waals surface area contributed by atoms with Crippen LogP contribution in [0.4, 0.5) is 15.9 Å². The van der Waals surface area contributed by atoms with Gasteiger partial charge in [-0.15, -0.1) is 0 Å². The van der Waals surface area contributed by atoms with Crippen molar-refractivity contribution in [2.24, 2.45) is 0 Å². The van der Waals surface area contributed by atoms with E-state index in [9.17, 15) is 14.5 Å². The summed E-state index contributed by atoms with van der Waals surface area (Å²) in [6.45, 7) is 5.43. The van der Waals surface area contributed by atoms with Crippen molar-refractivity contribution < 1.29 is 9.31 Å². The van der Waals surface area contributed by atoms with E-state index in [1.807, 2.05) is 19.9 Å². The molecular weight excluding hydrogens is 403 g/mol. The fourth-order valence-electron chi connectivity index (χ4n) is 2.79. The van der Waals surface area contributed by atoms with Crippen LogP contribution in [-0.4, -0.2) is 14.9 Å². The fraction of sp³-hybridized carbons (Fsp3) is 0.222. The maximum Gasteiger partial charge on any atom is 0.270 e. The van der Waals surface area contributed by atoms with Crippen molar-refractivity contribution in [2.45, 2.75) is 26.8 Å². The van der Waals surface area contributed by atoms with E-state index < -0.39 is 10.7 Å². The average Bonchev–Trinajstić information content (AvgIpc) is 2.56. The lowest BCUT2D eigenvalue weighted by Crippen LogP contribution is -2.10. The van der Waals surface area contributed by atoms with Gasteiger partial charge in [0.1, 0.15) is 17.5 Å². The van der Waals surface area contributed by atoms with Crippen LogP contribution in [0.25, 0.3) is 10.9 Å². The van der Waals surface area contributed by atoms with E-state index in [0.717, 1.165) is 11.1 Å². The van der Waals surface area contributed by atoms with Gasteiger partial charge in [-0.2, -0.15) is 0 Å². The third kappa shape index (κ3) is 3.65. The number of nitrogens with zero attached hydrogens (tertiary/aromatic N) is 3. The van der Waals surface area contributed by atoms with Gasteiger partial charge in [0.2, 0.25) is 0 Å². The van der Waals surface area contributed by atoms with Crippen molar-refractivity contribution in [3.8, 4) is 0 Å². The van der Waals surface area contributed by atoms with Gasteiger partial charge in [0.05, 0.1) is 21.0 Å². The molecule has 8 heteroatoms. The van der Waals surface area contributed by atoms with E-state index in [0.29, 0.717) is 27.0 Å². The van der Waals surface area contributed by atoms with E-state index in [4.69, 9.17) is 0 Å². The number of fused-ring (bicyclic) bond motifs is 1. The zero-order valence-electron chi connectivity index (χ0n) is 14.4. The molecule has 0 aliphatic carbocycles. The molecule has 0 saturated heterocycles. The first kappa shape index (κ1) is 18.2. The number of nitro benzene ring substituents is 1. The average molecular weight is 419 g/mol. The highest BCUT2D eigenvalue weighted by molar-refractivity contribution is 9.10. The Morgan fingerprint density at radius 2 is 1.92 bits per heavy atom. The third-order valence-corrected chi connectivity index (χ3v) is 4.61. The highest BCUT2D eigenvalue weighted by atomic mass is 79.9. The second-order valence-electron chi connectivity index (χ2n) is 6.13. The summed E-state index contributed by atoms with van der Waals surface area (Å²) in [4.78, 5) is 19.4. The van der Waals surface area contributed by atoms with Gasteiger partial charge in [-0.05, 0) is 53.9 Å². The Balaban J connectivity index is 2.03. The second-order valence-corrected chi connectivity index (χ2v) is 6.98. The van der Waals surface area contributed by atoms with Gasteiger partial charge >= 0.3 is 0 Å². The van der Waals surface area contributed by atoms with Crippen molar-refractivity contribution in [3.05, 3.63) is 67.7 Å². The number of benzene rings is 2. The van der Waals surface area contributed by atoms with E-state index in [1.54, 1.807) is 13.0 Å². The molecule has 0 spiro atoms. The molecule has 3 rings (SSSR count). The van der Waals surface area contributed by atoms with Crippen molar-refractivity contribution in [1.82, 2.24) is 9.97 Å². The number of aryl methyl sites for hydroxylation is 2. The number of aromatic nitrogens is 2. The number of hydrogen-bond acceptors (Lipinski definition) is 5. The van der Waals surface area contributed by atoms with Crippen LogP contribution in [0.3, 0.4) is 0 Å². The summed E-state index contributed by atoms with van der Waals surface area (Å²) >= 11 is 3.18. The molecule has 0 aliphatic rings. The SMILES string of the molecule is Cc1cc([C@@H](C)Nc2nc(C)nc3cc(F)c(Br)cc23)cc([N+](=O)[O-])c1. The zero-order chi connectivity index (χ0) is 19.0. The van der Waals surface area contributed by atoms with Crippen LogP contribution in [0.5, 0.6) is 0 Å². The molecule has 134 valence electrons. The minimum Gasteiger partial charge on any atom is -0.363 e. The highest BCUT2D eigenvalue weighted by Gasteiger charge is 2.16. The standard InChI is InChI=1S/C18H16BrFN4O2/c1-9-4-12(6-13(5-9)24(25)26)10(2)21-18-14-7-15(19)16(20)8-17(14)22-11(3)23-18/h4-8,10H,1-3H3,(H,21,22,23)/t10-/m1/s1. The number of hydrogen-bond donors (Lipinski definition) is 1. The largest absolute Gasteiger partial charge is 0.363 e. The molecule has 1 aromatic heterocycles. The summed E-state index contributed by atoms with van der Waals surface area (Å²) in [5.41, 5.74) is 2.10. The normalized spacial score (nSPS) is 12.2. The molecule has 0 radical (unpaired) electrons. The predicted molar refractivity (Wildman–Crippen MR) is 102 cm³/mol. The topological polar surface area (TPSA) is 81.0 Å². The molecule has 6 nitrogen and oxygen atoms in total. The van der Waals surface area contributed by atoms with Crippen LogP contribution in [0, 0.1) is 29.8 Å². The Morgan fingerprint density at radius 1 is 1.19 bits per heavy atom. The number of anilines is 1. The van der Waals surface area contributed by atoms with Gasteiger partial charge in [0.15, 0.2) is 0 Å². The monoisotopic (exact) mass is 418 g/mol.